The minimum absolute atomic E-state index is 0.110. The molecule has 3 aromatic rings. The number of rotatable bonds is 7. The SMILES string of the molecule is C=CC(=O)Nc1cccc2ccc(-c3cccc(C(=O)NCC(=O)NCC)n3)cc12. The van der Waals surface area contributed by atoms with Crippen LogP contribution < -0.4 is 16.0 Å². The Morgan fingerprint density at radius 1 is 1.03 bits per heavy atom. The fourth-order valence-electron chi connectivity index (χ4n) is 2.96. The van der Waals surface area contributed by atoms with E-state index in [1.165, 1.54) is 6.08 Å². The van der Waals surface area contributed by atoms with Gasteiger partial charge in [-0.05, 0) is 42.7 Å². The number of aromatic nitrogens is 1. The lowest BCUT2D eigenvalue weighted by atomic mass is 10.0. The van der Waals surface area contributed by atoms with E-state index in [4.69, 9.17) is 0 Å². The zero-order chi connectivity index (χ0) is 21.5. The molecule has 3 amide bonds. The number of carbonyl (C=O) groups excluding carboxylic acids is 3. The molecule has 30 heavy (non-hydrogen) atoms. The Hall–Kier alpha value is -4.00. The molecule has 0 atom stereocenters. The second kappa shape index (κ2) is 9.47. The minimum atomic E-state index is -0.428. The highest BCUT2D eigenvalue weighted by Gasteiger charge is 2.11. The van der Waals surface area contributed by atoms with Crippen molar-refractivity contribution in [3.8, 4) is 11.3 Å². The smallest absolute Gasteiger partial charge is 0.270 e. The Morgan fingerprint density at radius 3 is 2.60 bits per heavy atom. The van der Waals surface area contributed by atoms with Gasteiger partial charge in [0.15, 0.2) is 0 Å². The van der Waals surface area contributed by atoms with E-state index in [9.17, 15) is 14.4 Å². The molecule has 0 unspecified atom stereocenters. The van der Waals surface area contributed by atoms with Gasteiger partial charge in [-0.3, -0.25) is 14.4 Å². The highest BCUT2D eigenvalue weighted by atomic mass is 16.2. The summed E-state index contributed by atoms with van der Waals surface area (Å²) in [4.78, 5) is 40.1. The molecule has 0 aliphatic carbocycles. The Bertz CT molecular complexity index is 1120. The molecule has 0 fully saturated rings. The van der Waals surface area contributed by atoms with Gasteiger partial charge < -0.3 is 16.0 Å². The molecule has 0 spiro atoms. The second-order valence-corrected chi connectivity index (χ2v) is 6.48. The highest BCUT2D eigenvalue weighted by Crippen LogP contribution is 2.28. The van der Waals surface area contributed by atoms with E-state index < -0.39 is 5.91 Å². The van der Waals surface area contributed by atoms with Gasteiger partial charge in [0.2, 0.25) is 11.8 Å². The second-order valence-electron chi connectivity index (χ2n) is 6.48. The van der Waals surface area contributed by atoms with Gasteiger partial charge in [-0.25, -0.2) is 4.98 Å². The number of nitrogens with zero attached hydrogens (tertiary/aromatic N) is 1. The third kappa shape index (κ3) is 4.88. The van der Waals surface area contributed by atoms with Crippen molar-refractivity contribution in [2.75, 3.05) is 18.4 Å². The molecule has 0 bridgehead atoms. The van der Waals surface area contributed by atoms with Crippen molar-refractivity contribution < 1.29 is 14.4 Å². The highest BCUT2D eigenvalue weighted by molar-refractivity contribution is 6.06. The van der Waals surface area contributed by atoms with E-state index in [0.29, 0.717) is 17.9 Å². The number of benzene rings is 2. The van der Waals surface area contributed by atoms with Crippen LogP contribution in [0.4, 0.5) is 5.69 Å². The first-order valence-corrected chi connectivity index (χ1v) is 9.50. The van der Waals surface area contributed by atoms with Crippen LogP contribution in [0.3, 0.4) is 0 Å². The van der Waals surface area contributed by atoms with E-state index in [-0.39, 0.29) is 24.1 Å². The zero-order valence-corrected chi connectivity index (χ0v) is 16.6. The summed E-state index contributed by atoms with van der Waals surface area (Å²) in [7, 11) is 0. The van der Waals surface area contributed by atoms with Crippen LogP contribution >= 0.6 is 0 Å². The van der Waals surface area contributed by atoms with Crippen LogP contribution in [0.15, 0.2) is 67.3 Å². The maximum absolute atomic E-state index is 12.3. The van der Waals surface area contributed by atoms with Crippen molar-refractivity contribution >= 4 is 34.2 Å². The molecule has 2 aromatic carbocycles. The molecule has 0 saturated carbocycles. The average Bonchev–Trinajstić information content (AvgIpc) is 2.77. The van der Waals surface area contributed by atoms with E-state index >= 15 is 0 Å². The molecule has 0 aliphatic rings. The lowest BCUT2D eigenvalue weighted by molar-refractivity contribution is -0.120. The topological polar surface area (TPSA) is 100 Å². The van der Waals surface area contributed by atoms with Crippen LogP contribution in [0, 0.1) is 0 Å². The van der Waals surface area contributed by atoms with E-state index in [1.54, 1.807) is 18.2 Å². The molecule has 0 aliphatic heterocycles. The predicted octanol–water partition coefficient (Wildman–Crippen LogP) is 2.89. The van der Waals surface area contributed by atoms with Crippen LogP contribution in [0.1, 0.15) is 17.4 Å². The van der Waals surface area contributed by atoms with Crippen molar-refractivity contribution in [1.82, 2.24) is 15.6 Å². The number of nitrogens with one attached hydrogen (secondary N) is 3. The number of carbonyl (C=O) groups is 3. The van der Waals surface area contributed by atoms with Gasteiger partial charge in [-0.15, -0.1) is 0 Å². The van der Waals surface area contributed by atoms with E-state index in [2.05, 4.69) is 27.5 Å². The van der Waals surface area contributed by atoms with Gasteiger partial charge in [0.1, 0.15) is 5.69 Å². The Balaban J connectivity index is 1.88. The molecule has 3 N–H and O–H groups in total. The standard InChI is InChI=1S/C23H22N4O3/c1-3-21(28)27-19-9-5-7-15-11-12-16(13-17(15)19)18-8-6-10-20(26-18)23(30)25-14-22(29)24-4-2/h3,5-13H,1,4,14H2,2H3,(H,24,29)(H,25,30)(H,27,28). The van der Waals surface area contributed by atoms with Gasteiger partial charge in [0.05, 0.1) is 12.2 Å². The quantitative estimate of drug-likeness (QED) is 0.529. The predicted molar refractivity (Wildman–Crippen MR) is 117 cm³/mol. The molecule has 3 rings (SSSR count). The van der Waals surface area contributed by atoms with Crippen LogP contribution in [0.5, 0.6) is 0 Å². The van der Waals surface area contributed by atoms with Crippen molar-refractivity contribution in [2.24, 2.45) is 0 Å². The summed E-state index contributed by atoms with van der Waals surface area (Å²) in [6, 6.07) is 16.5. The maximum atomic E-state index is 12.3. The first-order chi connectivity index (χ1) is 14.5. The fourth-order valence-corrected chi connectivity index (χ4v) is 2.96. The van der Waals surface area contributed by atoms with Gasteiger partial charge >= 0.3 is 0 Å². The maximum Gasteiger partial charge on any atom is 0.270 e. The Kier molecular flexibility index (Phi) is 6.54. The van der Waals surface area contributed by atoms with E-state index in [1.807, 2.05) is 43.3 Å². The van der Waals surface area contributed by atoms with Crippen LogP contribution in [0.25, 0.3) is 22.0 Å². The first-order valence-electron chi connectivity index (χ1n) is 9.50. The molecule has 7 heteroatoms. The lowest BCUT2D eigenvalue weighted by Gasteiger charge is -2.10. The molecule has 152 valence electrons. The molecule has 1 heterocycles. The number of amides is 3. The first kappa shape index (κ1) is 20.7. The third-order valence-electron chi connectivity index (χ3n) is 4.39. The monoisotopic (exact) mass is 402 g/mol. The fraction of sp³-hybridized carbons (Fsp3) is 0.130. The molecule has 0 radical (unpaired) electrons. The summed E-state index contributed by atoms with van der Waals surface area (Å²) in [6.45, 7) is 5.68. The largest absolute Gasteiger partial charge is 0.355 e. The summed E-state index contributed by atoms with van der Waals surface area (Å²) < 4.78 is 0. The average molecular weight is 402 g/mol. The Labute approximate surface area is 174 Å². The van der Waals surface area contributed by atoms with Crippen molar-refractivity contribution in [2.45, 2.75) is 6.92 Å². The molecular weight excluding hydrogens is 380 g/mol. The van der Waals surface area contributed by atoms with Crippen LogP contribution in [-0.2, 0) is 9.59 Å². The minimum Gasteiger partial charge on any atom is -0.355 e. The van der Waals surface area contributed by atoms with Gasteiger partial charge in [0.25, 0.3) is 5.91 Å². The number of hydrogen-bond donors (Lipinski definition) is 3. The summed E-state index contributed by atoms with van der Waals surface area (Å²) in [5.41, 5.74) is 2.27. The summed E-state index contributed by atoms with van der Waals surface area (Å²) in [5.74, 6) is -0.981. The van der Waals surface area contributed by atoms with E-state index in [0.717, 1.165) is 16.3 Å². The lowest BCUT2D eigenvalue weighted by Crippen LogP contribution is -2.37. The number of likely N-dealkylation sites (N-methyl/N-ethyl adjacent to an activating group) is 1. The summed E-state index contributed by atoms with van der Waals surface area (Å²) in [5, 5.41) is 9.78. The van der Waals surface area contributed by atoms with Gasteiger partial charge in [0, 0.05) is 23.2 Å². The van der Waals surface area contributed by atoms with Gasteiger partial charge in [-0.1, -0.05) is 36.9 Å². The number of anilines is 1. The number of hydrogen-bond acceptors (Lipinski definition) is 4. The third-order valence-corrected chi connectivity index (χ3v) is 4.39. The molecular formula is C23H22N4O3. The number of fused-ring (bicyclic) bond motifs is 1. The van der Waals surface area contributed by atoms with Crippen molar-refractivity contribution in [1.29, 1.82) is 0 Å². The summed E-state index contributed by atoms with van der Waals surface area (Å²) >= 11 is 0. The number of pyridine rings is 1. The molecule has 7 nitrogen and oxygen atoms in total. The van der Waals surface area contributed by atoms with Crippen molar-refractivity contribution in [3.63, 3.8) is 0 Å². The normalized spacial score (nSPS) is 10.3. The van der Waals surface area contributed by atoms with Gasteiger partial charge in [-0.2, -0.15) is 0 Å². The Morgan fingerprint density at radius 2 is 1.83 bits per heavy atom. The van der Waals surface area contributed by atoms with Crippen LogP contribution in [0.2, 0.25) is 0 Å². The summed E-state index contributed by atoms with van der Waals surface area (Å²) in [6.07, 6.45) is 1.22. The molecule has 0 saturated heterocycles. The van der Waals surface area contributed by atoms with Crippen LogP contribution in [-0.4, -0.2) is 35.8 Å². The van der Waals surface area contributed by atoms with Crippen molar-refractivity contribution in [3.05, 3.63) is 72.9 Å². The zero-order valence-electron chi connectivity index (χ0n) is 16.6. The molecule has 1 aromatic heterocycles.